The highest BCUT2D eigenvalue weighted by atomic mass is 35.6. The van der Waals surface area contributed by atoms with Crippen molar-refractivity contribution in [2.24, 2.45) is 0 Å². The van der Waals surface area contributed by atoms with Gasteiger partial charge in [0.15, 0.2) is 8.67 Å². The van der Waals surface area contributed by atoms with Gasteiger partial charge >= 0.3 is 0 Å². The van der Waals surface area contributed by atoms with Crippen LogP contribution in [0.4, 0.5) is 0 Å². The molecule has 0 bridgehead atoms. The van der Waals surface area contributed by atoms with Gasteiger partial charge in [0, 0.05) is 0 Å². The first-order valence-corrected chi connectivity index (χ1v) is 9.21. The Balaban J connectivity index is 2.44. The Bertz CT molecular complexity index is 610. The molecule has 0 amide bonds. The van der Waals surface area contributed by atoms with Crippen LogP contribution in [0, 0.1) is 0 Å². The summed E-state index contributed by atoms with van der Waals surface area (Å²) in [4.78, 5) is 0. The van der Waals surface area contributed by atoms with Crippen molar-refractivity contribution in [3.63, 3.8) is 0 Å². The molecule has 0 radical (unpaired) electrons. The summed E-state index contributed by atoms with van der Waals surface area (Å²) in [6.07, 6.45) is 2.19. The van der Waals surface area contributed by atoms with Gasteiger partial charge in [-0.2, -0.15) is 0 Å². The van der Waals surface area contributed by atoms with Gasteiger partial charge in [0.05, 0.1) is 0 Å². The third-order valence-electron chi connectivity index (χ3n) is 3.31. The van der Waals surface area contributed by atoms with Crippen molar-refractivity contribution in [3.05, 3.63) is 41.0 Å². The molecule has 122 valence electrons. The van der Waals surface area contributed by atoms with E-state index < -0.39 is 16.8 Å². The fourth-order valence-corrected chi connectivity index (χ4v) is 4.30. The van der Waals surface area contributed by atoms with Crippen molar-refractivity contribution in [1.29, 1.82) is 0 Å². The van der Waals surface area contributed by atoms with Crippen LogP contribution in [-0.4, -0.2) is 16.8 Å². The molecule has 1 aliphatic carbocycles. The molecule has 0 aliphatic heterocycles. The number of rotatable bonds is 3. The van der Waals surface area contributed by atoms with Crippen LogP contribution in [0.1, 0.15) is 11.1 Å². The van der Waals surface area contributed by atoms with E-state index in [1.54, 1.807) is 6.08 Å². The number of allylic oxidation sites excluding steroid dienone is 1. The van der Waals surface area contributed by atoms with Gasteiger partial charge in [-0.1, -0.05) is 135 Å². The molecule has 0 fully saturated rings. The Morgan fingerprint density at radius 1 is 0.727 bits per heavy atom. The Labute approximate surface area is 173 Å². The fourth-order valence-electron chi connectivity index (χ4n) is 2.06. The van der Waals surface area contributed by atoms with Crippen molar-refractivity contribution in [2.45, 2.75) is 23.2 Å². The highest BCUT2D eigenvalue weighted by Gasteiger charge is 2.69. The average molecular weight is 482 g/mol. The van der Waals surface area contributed by atoms with E-state index in [2.05, 4.69) is 0 Å². The molecule has 1 aromatic rings. The summed E-state index contributed by atoms with van der Waals surface area (Å²) in [5, 5.41) is 0. The summed E-state index contributed by atoms with van der Waals surface area (Å²) >= 11 is 54.8. The number of hydrogen-bond donors (Lipinski definition) is 0. The van der Waals surface area contributed by atoms with E-state index in [1.165, 1.54) is 0 Å². The third kappa shape index (κ3) is 3.18. The van der Waals surface area contributed by atoms with Gasteiger partial charge < -0.3 is 0 Å². The Kier molecular flexibility index (Phi) is 5.77. The van der Waals surface area contributed by atoms with Crippen molar-refractivity contribution in [3.8, 4) is 0 Å². The quantitative estimate of drug-likeness (QED) is 0.391. The summed E-state index contributed by atoms with van der Waals surface area (Å²) in [6, 6.07) is 7.60. The Hall–Kier alpha value is 1.57. The summed E-state index contributed by atoms with van der Waals surface area (Å²) in [6.45, 7) is 0. The summed E-state index contributed by atoms with van der Waals surface area (Å²) in [5.74, 6) is 0. The molecular formula is C13H7Cl9. The van der Waals surface area contributed by atoms with Gasteiger partial charge in [-0.25, -0.2) is 0 Å². The van der Waals surface area contributed by atoms with Crippen LogP contribution in [-0.2, 0) is 6.42 Å². The van der Waals surface area contributed by atoms with Crippen molar-refractivity contribution in [2.75, 3.05) is 0 Å². The number of halogens is 9. The topological polar surface area (TPSA) is 0 Å². The molecule has 1 aliphatic rings. The molecule has 0 atom stereocenters. The number of fused-ring (bicyclic) bond motifs is 1. The van der Waals surface area contributed by atoms with Crippen LogP contribution in [0.3, 0.4) is 0 Å². The fraction of sp³-hybridized carbons (Fsp3) is 0.385. The lowest BCUT2D eigenvalue weighted by molar-refractivity contribution is 0.622. The minimum Gasteiger partial charge on any atom is -0.0943 e. The first-order chi connectivity index (χ1) is 9.82. The van der Waals surface area contributed by atoms with Crippen molar-refractivity contribution >= 4 is 110 Å². The Morgan fingerprint density at radius 3 is 1.77 bits per heavy atom. The molecular weight excluding hydrogens is 475 g/mol. The molecule has 0 saturated heterocycles. The van der Waals surface area contributed by atoms with E-state index >= 15 is 0 Å². The molecule has 1 aromatic carbocycles. The van der Waals surface area contributed by atoms with Crippen molar-refractivity contribution < 1.29 is 0 Å². The maximum Gasteiger partial charge on any atom is 0.226 e. The van der Waals surface area contributed by atoms with Gasteiger partial charge in [-0.05, 0) is 23.1 Å². The molecule has 9 heteroatoms. The SMILES string of the molecule is ClC(Cl)(Cl)C(Cl)(Cl)C(Cl)(Cl)C(Cl)(Cl)C1=Cc2ccccc2C1. The zero-order chi connectivity index (χ0) is 17.0. The lowest BCUT2D eigenvalue weighted by atomic mass is 10.0. The predicted molar refractivity (Wildman–Crippen MR) is 102 cm³/mol. The van der Waals surface area contributed by atoms with Crippen LogP contribution in [0.15, 0.2) is 29.8 Å². The van der Waals surface area contributed by atoms with E-state index in [9.17, 15) is 0 Å². The van der Waals surface area contributed by atoms with E-state index in [-0.39, 0.29) is 0 Å². The summed E-state index contributed by atoms with van der Waals surface area (Å²) in [5.41, 5.74) is 2.45. The maximum atomic E-state index is 6.40. The maximum absolute atomic E-state index is 6.40. The highest BCUT2D eigenvalue weighted by Crippen LogP contribution is 2.64. The van der Waals surface area contributed by atoms with Gasteiger partial charge in [-0.3, -0.25) is 0 Å². The lowest BCUT2D eigenvalue weighted by Crippen LogP contribution is -2.56. The monoisotopic (exact) mass is 478 g/mol. The lowest BCUT2D eigenvalue weighted by Gasteiger charge is -2.44. The normalized spacial score (nSPS) is 16.5. The zero-order valence-corrected chi connectivity index (χ0v) is 17.3. The van der Waals surface area contributed by atoms with Gasteiger partial charge in [0.1, 0.15) is 0 Å². The summed E-state index contributed by atoms with van der Waals surface area (Å²) in [7, 11) is 0. The molecule has 0 heterocycles. The van der Waals surface area contributed by atoms with Crippen LogP contribution in [0.2, 0.25) is 0 Å². The van der Waals surface area contributed by atoms with Crippen LogP contribution < -0.4 is 0 Å². The first-order valence-electron chi connectivity index (χ1n) is 5.81. The van der Waals surface area contributed by atoms with Crippen molar-refractivity contribution in [1.82, 2.24) is 0 Å². The van der Waals surface area contributed by atoms with Crippen LogP contribution in [0.5, 0.6) is 0 Å². The molecule has 0 unspecified atom stereocenters. The minimum atomic E-state index is -2.27. The molecule has 0 saturated carbocycles. The summed E-state index contributed by atoms with van der Waals surface area (Å²) < 4.78 is -8.58. The van der Waals surface area contributed by atoms with E-state index in [4.69, 9.17) is 104 Å². The zero-order valence-electron chi connectivity index (χ0n) is 10.5. The Morgan fingerprint density at radius 2 is 1.27 bits per heavy atom. The van der Waals surface area contributed by atoms with E-state index in [1.807, 2.05) is 24.3 Å². The molecule has 2 rings (SSSR count). The highest BCUT2D eigenvalue weighted by molar-refractivity contribution is 6.80. The molecule has 0 aromatic heterocycles. The smallest absolute Gasteiger partial charge is 0.0943 e. The number of hydrogen-bond acceptors (Lipinski definition) is 0. The molecule has 0 nitrogen and oxygen atoms in total. The number of benzene rings is 1. The van der Waals surface area contributed by atoms with E-state index in [0.29, 0.717) is 12.0 Å². The van der Waals surface area contributed by atoms with E-state index in [0.717, 1.165) is 11.1 Å². The largest absolute Gasteiger partial charge is 0.226 e. The van der Waals surface area contributed by atoms with Crippen LogP contribution in [0.25, 0.3) is 6.08 Å². The predicted octanol–water partition coefficient (Wildman–Crippen LogP) is 7.52. The third-order valence-corrected chi connectivity index (χ3v) is 8.84. The average Bonchev–Trinajstić information content (AvgIpc) is 2.81. The second kappa shape index (κ2) is 6.38. The van der Waals surface area contributed by atoms with Gasteiger partial charge in [-0.15, -0.1) is 0 Å². The molecule has 0 N–H and O–H groups in total. The molecule has 0 spiro atoms. The first kappa shape index (κ1) is 19.9. The number of alkyl halides is 9. The second-order valence-corrected chi connectivity index (χ2v) is 11.0. The minimum absolute atomic E-state index is 0.425. The van der Waals surface area contributed by atoms with Gasteiger partial charge in [0.25, 0.3) is 0 Å². The van der Waals surface area contributed by atoms with Gasteiger partial charge in [0.2, 0.25) is 8.13 Å². The second-order valence-electron chi connectivity index (χ2n) is 4.77. The molecule has 22 heavy (non-hydrogen) atoms. The standard InChI is InChI=1S/C13H7Cl9/c14-10(15,11(16,17)12(18,19)13(20,21)22)9-5-7-3-1-2-4-8(7)6-9/h1-5H,6H2. The van der Waals surface area contributed by atoms with Crippen LogP contribution >= 0.6 is 104 Å².